The molecule has 1 fully saturated rings. The van der Waals surface area contributed by atoms with Crippen molar-refractivity contribution in [2.45, 2.75) is 64.3 Å². The third-order valence-corrected chi connectivity index (χ3v) is 6.96. The Balaban J connectivity index is 1.58. The third kappa shape index (κ3) is 4.77. The van der Waals surface area contributed by atoms with Crippen LogP contribution in [0, 0.1) is 5.92 Å². The number of carbonyl (C=O) groups is 2. The van der Waals surface area contributed by atoms with Crippen LogP contribution in [0.25, 0.3) is 10.9 Å². The molecular weight excluding hydrogens is 416 g/mol. The van der Waals surface area contributed by atoms with Crippen LogP contribution in [0.15, 0.2) is 36.5 Å². The molecule has 0 aliphatic heterocycles. The highest BCUT2D eigenvalue weighted by molar-refractivity contribution is 6.05. The summed E-state index contributed by atoms with van der Waals surface area (Å²) in [6, 6.07) is 9.59. The SMILES string of the molecule is CCC(C)(C)c1cccc(C(=O)Nc2cc3cn(C4CCC(C=O)CC4)nc3cc2OC)n1. The minimum Gasteiger partial charge on any atom is -0.494 e. The number of anilines is 1. The van der Waals surface area contributed by atoms with Crippen LogP contribution in [0.4, 0.5) is 5.69 Å². The van der Waals surface area contributed by atoms with Crippen LogP contribution in [0.2, 0.25) is 0 Å². The van der Waals surface area contributed by atoms with Gasteiger partial charge in [-0.3, -0.25) is 9.48 Å². The van der Waals surface area contributed by atoms with Crippen molar-refractivity contribution < 1.29 is 14.3 Å². The topological polar surface area (TPSA) is 86.1 Å². The predicted molar refractivity (Wildman–Crippen MR) is 129 cm³/mol. The highest BCUT2D eigenvalue weighted by Crippen LogP contribution is 2.34. The Morgan fingerprint density at radius 1 is 1.24 bits per heavy atom. The zero-order chi connectivity index (χ0) is 23.6. The maximum absolute atomic E-state index is 13.0. The van der Waals surface area contributed by atoms with Crippen molar-refractivity contribution in [2.24, 2.45) is 5.92 Å². The number of aromatic nitrogens is 3. The summed E-state index contributed by atoms with van der Waals surface area (Å²) in [5.74, 6) is 0.444. The molecule has 174 valence electrons. The molecule has 2 aromatic heterocycles. The molecule has 2 heterocycles. The summed E-state index contributed by atoms with van der Waals surface area (Å²) >= 11 is 0. The Morgan fingerprint density at radius 2 is 2.00 bits per heavy atom. The van der Waals surface area contributed by atoms with Gasteiger partial charge in [0.1, 0.15) is 17.7 Å². The van der Waals surface area contributed by atoms with Gasteiger partial charge in [0.2, 0.25) is 0 Å². The van der Waals surface area contributed by atoms with E-state index in [2.05, 4.69) is 31.1 Å². The molecular formula is C26H32N4O3. The van der Waals surface area contributed by atoms with Crippen LogP contribution in [0.3, 0.4) is 0 Å². The number of nitrogens with zero attached hydrogens (tertiary/aromatic N) is 3. The molecule has 0 unspecified atom stereocenters. The second-order valence-corrected chi connectivity index (χ2v) is 9.52. The first-order valence-corrected chi connectivity index (χ1v) is 11.7. The van der Waals surface area contributed by atoms with Crippen molar-refractivity contribution in [3.05, 3.63) is 47.9 Å². The number of pyridine rings is 1. The monoisotopic (exact) mass is 448 g/mol. The van der Waals surface area contributed by atoms with E-state index in [4.69, 9.17) is 9.84 Å². The Hall–Kier alpha value is -3.22. The number of carbonyl (C=O) groups excluding carboxylic acids is 2. The molecule has 1 N–H and O–H groups in total. The second kappa shape index (κ2) is 9.33. The normalized spacial score (nSPS) is 18.8. The Labute approximate surface area is 194 Å². The summed E-state index contributed by atoms with van der Waals surface area (Å²) in [6.07, 6.45) is 7.69. The molecule has 7 heteroatoms. The lowest BCUT2D eigenvalue weighted by atomic mass is 9.86. The number of nitrogens with one attached hydrogen (secondary N) is 1. The average Bonchev–Trinajstić information content (AvgIpc) is 3.26. The molecule has 0 atom stereocenters. The smallest absolute Gasteiger partial charge is 0.274 e. The fourth-order valence-electron chi connectivity index (χ4n) is 4.33. The first-order chi connectivity index (χ1) is 15.8. The molecule has 7 nitrogen and oxygen atoms in total. The number of amides is 1. The van der Waals surface area contributed by atoms with Gasteiger partial charge in [-0.25, -0.2) is 4.98 Å². The van der Waals surface area contributed by atoms with Crippen LogP contribution in [0.1, 0.15) is 75.1 Å². The van der Waals surface area contributed by atoms with Gasteiger partial charge in [-0.1, -0.05) is 26.8 Å². The van der Waals surface area contributed by atoms with Crippen molar-refractivity contribution in [2.75, 3.05) is 12.4 Å². The lowest BCUT2D eigenvalue weighted by Gasteiger charge is -2.25. The molecule has 0 saturated heterocycles. The number of rotatable bonds is 7. The molecule has 33 heavy (non-hydrogen) atoms. The van der Waals surface area contributed by atoms with Gasteiger partial charge >= 0.3 is 0 Å². The largest absolute Gasteiger partial charge is 0.494 e. The molecule has 1 amide bonds. The number of methoxy groups -OCH3 is 1. The summed E-state index contributed by atoms with van der Waals surface area (Å²) in [6.45, 7) is 6.36. The summed E-state index contributed by atoms with van der Waals surface area (Å²) < 4.78 is 7.54. The van der Waals surface area contributed by atoms with Crippen molar-refractivity contribution in [3.63, 3.8) is 0 Å². The van der Waals surface area contributed by atoms with E-state index in [0.29, 0.717) is 17.1 Å². The van der Waals surface area contributed by atoms with E-state index in [1.165, 1.54) is 0 Å². The third-order valence-electron chi connectivity index (χ3n) is 6.96. The lowest BCUT2D eigenvalue weighted by molar-refractivity contribution is -0.112. The van der Waals surface area contributed by atoms with Crippen LogP contribution in [-0.4, -0.2) is 34.1 Å². The number of aldehydes is 1. The zero-order valence-corrected chi connectivity index (χ0v) is 19.8. The lowest BCUT2D eigenvalue weighted by Crippen LogP contribution is -2.21. The predicted octanol–water partition coefficient (Wildman–Crippen LogP) is 5.31. The highest BCUT2D eigenvalue weighted by Gasteiger charge is 2.24. The fourth-order valence-corrected chi connectivity index (χ4v) is 4.33. The quantitative estimate of drug-likeness (QED) is 0.495. The molecule has 0 spiro atoms. The Morgan fingerprint density at radius 3 is 2.67 bits per heavy atom. The Bertz CT molecular complexity index is 1160. The van der Waals surface area contributed by atoms with E-state index in [9.17, 15) is 9.59 Å². The van der Waals surface area contributed by atoms with Crippen LogP contribution in [-0.2, 0) is 10.2 Å². The van der Waals surface area contributed by atoms with Crippen LogP contribution >= 0.6 is 0 Å². The molecule has 3 aromatic rings. The van der Waals surface area contributed by atoms with Crippen LogP contribution in [0.5, 0.6) is 5.75 Å². The van der Waals surface area contributed by atoms with E-state index in [-0.39, 0.29) is 23.3 Å². The van der Waals surface area contributed by atoms with Crippen molar-refractivity contribution >= 4 is 28.8 Å². The maximum atomic E-state index is 13.0. The number of hydrogen-bond acceptors (Lipinski definition) is 5. The van der Waals surface area contributed by atoms with Gasteiger partial charge in [-0.2, -0.15) is 5.10 Å². The van der Waals surface area contributed by atoms with Crippen molar-refractivity contribution in [1.82, 2.24) is 14.8 Å². The van der Waals surface area contributed by atoms with E-state index >= 15 is 0 Å². The van der Waals surface area contributed by atoms with Gasteiger partial charge in [0, 0.05) is 34.7 Å². The van der Waals surface area contributed by atoms with Gasteiger partial charge in [0.15, 0.2) is 0 Å². The molecule has 1 aliphatic rings. The van der Waals surface area contributed by atoms with Gasteiger partial charge in [0.25, 0.3) is 5.91 Å². The van der Waals surface area contributed by atoms with Gasteiger partial charge in [-0.15, -0.1) is 0 Å². The average molecular weight is 449 g/mol. The highest BCUT2D eigenvalue weighted by atomic mass is 16.5. The molecule has 1 saturated carbocycles. The minimum atomic E-state index is -0.277. The van der Waals surface area contributed by atoms with Gasteiger partial charge < -0.3 is 14.8 Å². The maximum Gasteiger partial charge on any atom is 0.274 e. The van der Waals surface area contributed by atoms with Gasteiger partial charge in [-0.05, 0) is 50.3 Å². The standard InChI is InChI=1S/C26H32N4O3/c1-5-26(2,3)24-8-6-7-20(27-24)25(32)28-22-13-18-15-30(29-21(18)14-23(22)33-4)19-11-9-17(16-31)10-12-19/h6-8,13-17,19H,5,9-12H2,1-4H3,(H,28,32). The number of fused-ring (bicyclic) bond motifs is 1. The molecule has 1 aliphatic carbocycles. The molecule has 4 rings (SSSR count). The molecule has 0 radical (unpaired) electrons. The molecule has 1 aromatic carbocycles. The number of ether oxygens (including phenoxy) is 1. The Kier molecular flexibility index (Phi) is 6.49. The summed E-state index contributed by atoms with van der Waals surface area (Å²) in [5, 5.41) is 8.64. The fraction of sp³-hybridized carbons (Fsp3) is 0.462. The van der Waals surface area contributed by atoms with Crippen molar-refractivity contribution in [3.8, 4) is 5.75 Å². The minimum absolute atomic E-state index is 0.105. The van der Waals surface area contributed by atoms with Gasteiger partial charge in [0.05, 0.1) is 24.4 Å². The first kappa shape index (κ1) is 23.0. The first-order valence-electron chi connectivity index (χ1n) is 11.7. The summed E-state index contributed by atoms with van der Waals surface area (Å²) in [7, 11) is 1.58. The van der Waals surface area contributed by atoms with E-state index in [1.54, 1.807) is 13.2 Å². The van der Waals surface area contributed by atoms with Crippen LogP contribution < -0.4 is 10.1 Å². The summed E-state index contributed by atoms with van der Waals surface area (Å²) in [4.78, 5) is 28.7. The second-order valence-electron chi connectivity index (χ2n) is 9.52. The number of benzene rings is 1. The summed E-state index contributed by atoms with van der Waals surface area (Å²) in [5.41, 5.74) is 2.56. The molecule has 0 bridgehead atoms. The van der Waals surface area contributed by atoms with E-state index in [0.717, 1.165) is 55.0 Å². The number of hydrogen-bond donors (Lipinski definition) is 1. The zero-order valence-electron chi connectivity index (χ0n) is 19.8. The van der Waals surface area contributed by atoms with E-state index < -0.39 is 0 Å². The van der Waals surface area contributed by atoms with Crippen molar-refractivity contribution in [1.29, 1.82) is 0 Å². The van der Waals surface area contributed by atoms with E-state index in [1.807, 2.05) is 35.1 Å².